The van der Waals surface area contributed by atoms with Crippen molar-refractivity contribution in [2.24, 2.45) is 0 Å². The summed E-state index contributed by atoms with van der Waals surface area (Å²) in [6.07, 6.45) is 32.3. The number of carboxylic acid groups (broad SMARTS) is 1. The first-order valence-electron chi connectivity index (χ1n) is 14.6. The summed E-state index contributed by atoms with van der Waals surface area (Å²) in [6.45, 7) is 2.29. The fourth-order valence-electron chi connectivity index (χ4n) is 4.61. The van der Waals surface area contributed by atoms with Crippen molar-refractivity contribution in [3.05, 3.63) is 0 Å². The third kappa shape index (κ3) is 27.5. The standard InChI is InChI=1S/C29H58O3/c1-2-3-4-5-6-7-8-9-10-11-12-13-14-15-16-17-19-22-25-28(30)26-23-20-18-21-24-27-29(31)32/h28,30H,2-27H2,1H3,(H,31,32). The molecule has 1 unspecified atom stereocenters. The molecule has 32 heavy (non-hydrogen) atoms. The molecule has 0 aromatic rings. The Hall–Kier alpha value is -0.570. The minimum Gasteiger partial charge on any atom is -0.481 e. The van der Waals surface area contributed by atoms with E-state index in [9.17, 15) is 9.90 Å². The first-order chi connectivity index (χ1) is 15.7. The summed E-state index contributed by atoms with van der Waals surface area (Å²) in [6, 6.07) is 0. The summed E-state index contributed by atoms with van der Waals surface area (Å²) in [4.78, 5) is 10.4. The molecule has 2 N–H and O–H groups in total. The van der Waals surface area contributed by atoms with Crippen LogP contribution >= 0.6 is 0 Å². The molecule has 0 fully saturated rings. The van der Waals surface area contributed by atoms with Gasteiger partial charge in [0.15, 0.2) is 0 Å². The maximum atomic E-state index is 10.4. The van der Waals surface area contributed by atoms with E-state index >= 15 is 0 Å². The molecule has 0 spiro atoms. The third-order valence-corrected chi connectivity index (χ3v) is 6.82. The highest BCUT2D eigenvalue weighted by Gasteiger charge is 2.04. The number of rotatable bonds is 27. The lowest BCUT2D eigenvalue weighted by atomic mass is 10.0. The van der Waals surface area contributed by atoms with Crippen LogP contribution in [0.2, 0.25) is 0 Å². The minimum atomic E-state index is -0.690. The summed E-state index contributed by atoms with van der Waals surface area (Å²) >= 11 is 0. The van der Waals surface area contributed by atoms with Crippen LogP contribution in [0.3, 0.4) is 0 Å². The largest absolute Gasteiger partial charge is 0.481 e. The van der Waals surface area contributed by atoms with Gasteiger partial charge in [-0.25, -0.2) is 0 Å². The molecule has 0 heterocycles. The summed E-state index contributed by atoms with van der Waals surface area (Å²) in [5.41, 5.74) is 0. The van der Waals surface area contributed by atoms with Gasteiger partial charge in [-0.05, 0) is 19.3 Å². The molecule has 0 radical (unpaired) electrons. The van der Waals surface area contributed by atoms with Crippen LogP contribution in [0.25, 0.3) is 0 Å². The summed E-state index contributed by atoms with van der Waals surface area (Å²) in [7, 11) is 0. The summed E-state index contributed by atoms with van der Waals surface area (Å²) in [5, 5.41) is 18.7. The van der Waals surface area contributed by atoms with Gasteiger partial charge in [0.25, 0.3) is 0 Å². The van der Waals surface area contributed by atoms with Crippen molar-refractivity contribution in [1.82, 2.24) is 0 Å². The average molecular weight is 455 g/mol. The SMILES string of the molecule is CCCCCCCCCCCCCCCCCCCCC(O)CCCCCCCC(=O)O. The monoisotopic (exact) mass is 454 g/mol. The lowest BCUT2D eigenvalue weighted by molar-refractivity contribution is -0.137. The molecule has 3 heteroatoms. The molecule has 0 rings (SSSR count). The van der Waals surface area contributed by atoms with E-state index in [0.29, 0.717) is 6.42 Å². The Morgan fingerprint density at radius 3 is 1.09 bits per heavy atom. The Kier molecular flexibility index (Phi) is 26.2. The quantitative estimate of drug-likeness (QED) is 0.121. The zero-order chi connectivity index (χ0) is 23.5. The number of aliphatic hydroxyl groups is 1. The van der Waals surface area contributed by atoms with Gasteiger partial charge in [-0.2, -0.15) is 0 Å². The van der Waals surface area contributed by atoms with Gasteiger partial charge in [-0.3, -0.25) is 4.79 Å². The minimum absolute atomic E-state index is 0.130. The molecular formula is C29H58O3. The predicted octanol–water partition coefficient (Wildman–Crippen LogP) is 9.59. The highest BCUT2D eigenvalue weighted by atomic mass is 16.4. The normalized spacial score (nSPS) is 12.3. The molecule has 0 saturated carbocycles. The van der Waals surface area contributed by atoms with E-state index in [1.54, 1.807) is 0 Å². The fourth-order valence-corrected chi connectivity index (χ4v) is 4.61. The van der Waals surface area contributed by atoms with Gasteiger partial charge in [0.2, 0.25) is 0 Å². The van der Waals surface area contributed by atoms with Crippen LogP contribution in [-0.2, 0) is 4.79 Å². The molecule has 0 aliphatic carbocycles. The van der Waals surface area contributed by atoms with Crippen LogP contribution in [-0.4, -0.2) is 22.3 Å². The van der Waals surface area contributed by atoms with Crippen LogP contribution in [0.1, 0.15) is 174 Å². The van der Waals surface area contributed by atoms with E-state index in [2.05, 4.69) is 6.92 Å². The summed E-state index contributed by atoms with van der Waals surface area (Å²) < 4.78 is 0. The molecular weight excluding hydrogens is 396 g/mol. The van der Waals surface area contributed by atoms with E-state index in [1.165, 1.54) is 116 Å². The maximum Gasteiger partial charge on any atom is 0.303 e. The van der Waals surface area contributed by atoms with Crippen LogP contribution in [0.4, 0.5) is 0 Å². The highest BCUT2D eigenvalue weighted by molar-refractivity contribution is 5.66. The van der Waals surface area contributed by atoms with Crippen molar-refractivity contribution < 1.29 is 15.0 Å². The Balaban J connectivity index is 3.13. The van der Waals surface area contributed by atoms with Crippen molar-refractivity contribution in [2.45, 2.75) is 180 Å². The predicted molar refractivity (Wildman–Crippen MR) is 139 cm³/mol. The molecule has 1 atom stereocenters. The van der Waals surface area contributed by atoms with E-state index < -0.39 is 5.97 Å². The second kappa shape index (κ2) is 26.7. The first kappa shape index (κ1) is 31.4. The molecule has 3 nitrogen and oxygen atoms in total. The third-order valence-electron chi connectivity index (χ3n) is 6.82. The highest BCUT2D eigenvalue weighted by Crippen LogP contribution is 2.16. The second-order valence-corrected chi connectivity index (χ2v) is 10.2. The Bertz CT molecular complexity index is 369. The number of aliphatic carboxylic acids is 1. The van der Waals surface area contributed by atoms with Crippen molar-refractivity contribution in [3.8, 4) is 0 Å². The Labute approximate surface area is 201 Å². The number of aliphatic hydroxyl groups excluding tert-OH is 1. The van der Waals surface area contributed by atoms with Gasteiger partial charge in [0.05, 0.1) is 6.10 Å². The lowest BCUT2D eigenvalue weighted by Gasteiger charge is -2.10. The van der Waals surface area contributed by atoms with Gasteiger partial charge >= 0.3 is 5.97 Å². The lowest BCUT2D eigenvalue weighted by Crippen LogP contribution is -2.05. The molecule has 0 aliphatic rings. The fraction of sp³-hybridized carbons (Fsp3) is 0.966. The smallest absolute Gasteiger partial charge is 0.303 e. The average Bonchev–Trinajstić information content (AvgIpc) is 2.77. The molecule has 192 valence electrons. The Morgan fingerprint density at radius 2 is 0.781 bits per heavy atom. The number of hydrogen-bond acceptors (Lipinski definition) is 2. The van der Waals surface area contributed by atoms with Crippen molar-refractivity contribution in [2.75, 3.05) is 0 Å². The zero-order valence-electron chi connectivity index (χ0n) is 21.8. The van der Waals surface area contributed by atoms with Gasteiger partial charge in [0, 0.05) is 6.42 Å². The number of hydrogen-bond donors (Lipinski definition) is 2. The molecule has 0 saturated heterocycles. The molecule has 0 aliphatic heterocycles. The van der Waals surface area contributed by atoms with Crippen molar-refractivity contribution in [1.29, 1.82) is 0 Å². The van der Waals surface area contributed by atoms with Crippen molar-refractivity contribution >= 4 is 5.97 Å². The van der Waals surface area contributed by atoms with E-state index in [0.717, 1.165) is 44.9 Å². The Morgan fingerprint density at radius 1 is 0.500 bits per heavy atom. The van der Waals surface area contributed by atoms with Crippen molar-refractivity contribution in [3.63, 3.8) is 0 Å². The molecule has 0 aromatic heterocycles. The van der Waals surface area contributed by atoms with Gasteiger partial charge in [0.1, 0.15) is 0 Å². The van der Waals surface area contributed by atoms with Crippen LogP contribution in [0.15, 0.2) is 0 Å². The number of carbonyl (C=O) groups is 1. The molecule has 0 amide bonds. The first-order valence-corrected chi connectivity index (χ1v) is 14.6. The summed E-state index contributed by atoms with van der Waals surface area (Å²) in [5.74, 6) is -0.690. The van der Waals surface area contributed by atoms with Gasteiger partial charge < -0.3 is 10.2 Å². The van der Waals surface area contributed by atoms with E-state index in [-0.39, 0.29) is 6.10 Å². The van der Waals surface area contributed by atoms with Crippen LogP contribution in [0, 0.1) is 0 Å². The zero-order valence-corrected chi connectivity index (χ0v) is 21.8. The maximum absolute atomic E-state index is 10.4. The van der Waals surface area contributed by atoms with Crippen LogP contribution < -0.4 is 0 Å². The van der Waals surface area contributed by atoms with E-state index in [1.807, 2.05) is 0 Å². The number of carboxylic acids is 1. The molecule has 0 bridgehead atoms. The number of unbranched alkanes of at least 4 members (excludes halogenated alkanes) is 21. The topological polar surface area (TPSA) is 57.5 Å². The van der Waals surface area contributed by atoms with Crippen LogP contribution in [0.5, 0.6) is 0 Å². The van der Waals surface area contributed by atoms with E-state index in [4.69, 9.17) is 5.11 Å². The second-order valence-electron chi connectivity index (χ2n) is 10.2. The molecule has 0 aromatic carbocycles. The van der Waals surface area contributed by atoms with Gasteiger partial charge in [-0.1, -0.05) is 148 Å². The van der Waals surface area contributed by atoms with Gasteiger partial charge in [-0.15, -0.1) is 0 Å².